The first kappa shape index (κ1) is 11.4. The Morgan fingerprint density at radius 2 is 2.00 bits per heavy atom. The largest absolute Gasteiger partial charge is 0.486 e. The van der Waals surface area contributed by atoms with Crippen molar-refractivity contribution < 1.29 is 14.3 Å². The Morgan fingerprint density at radius 1 is 1.22 bits per heavy atom. The van der Waals surface area contributed by atoms with Gasteiger partial charge in [0, 0.05) is 6.54 Å². The standard InChI is InChI=1S/C14H17NO3/c16-14(15-9-10-1-2-10)8-11-3-4-12-13(7-11)18-6-5-17-12/h3-4,7,10H,1-2,5-6,8-9H2,(H,15,16). The molecule has 1 amide bonds. The first-order chi connectivity index (χ1) is 8.81. The molecule has 1 aromatic carbocycles. The van der Waals surface area contributed by atoms with E-state index >= 15 is 0 Å². The maximum Gasteiger partial charge on any atom is 0.224 e. The highest BCUT2D eigenvalue weighted by molar-refractivity contribution is 5.78. The molecule has 1 fully saturated rings. The van der Waals surface area contributed by atoms with Gasteiger partial charge in [0.05, 0.1) is 6.42 Å². The molecule has 3 rings (SSSR count). The fourth-order valence-electron chi connectivity index (χ4n) is 2.03. The van der Waals surface area contributed by atoms with Crippen LogP contribution in [0.25, 0.3) is 0 Å². The zero-order valence-corrected chi connectivity index (χ0v) is 10.3. The van der Waals surface area contributed by atoms with Crippen molar-refractivity contribution in [3.63, 3.8) is 0 Å². The molecule has 2 aliphatic rings. The average Bonchev–Trinajstić information content (AvgIpc) is 3.20. The molecule has 1 aliphatic carbocycles. The second kappa shape index (κ2) is 4.88. The van der Waals surface area contributed by atoms with Gasteiger partial charge in [-0.2, -0.15) is 0 Å². The Bertz CT molecular complexity index is 454. The Balaban J connectivity index is 1.59. The Hall–Kier alpha value is -1.71. The van der Waals surface area contributed by atoms with E-state index in [0.29, 0.717) is 25.6 Å². The molecule has 0 bridgehead atoms. The van der Waals surface area contributed by atoms with Crippen LogP contribution in [0.5, 0.6) is 11.5 Å². The molecule has 4 heteroatoms. The summed E-state index contributed by atoms with van der Waals surface area (Å²) < 4.78 is 10.9. The minimum Gasteiger partial charge on any atom is -0.486 e. The van der Waals surface area contributed by atoms with Crippen LogP contribution >= 0.6 is 0 Å². The molecule has 1 saturated carbocycles. The lowest BCUT2D eigenvalue weighted by molar-refractivity contribution is -0.120. The number of amides is 1. The van der Waals surface area contributed by atoms with E-state index in [-0.39, 0.29) is 5.91 Å². The third-order valence-electron chi connectivity index (χ3n) is 3.26. The van der Waals surface area contributed by atoms with E-state index in [1.165, 1.54) is 12.8 Å². The van der Waals surface area contributed by atoms with Crippen LogP contribution in [0.15, 0.2) is 18.2 Å². The van der Waals surface area contributed by atoms with Crippen LogP contribution in [0.2, 0.25) is 0 Å². The van der Waals surface area contributed by atoms with Gasteiger partial charge >= 0.3 is 0 Å². The van der Waals surface area contributed by atoms with Crippen molar-refractivity contribution >= 4 is 5.91 Å². The summed E-state index contributed by atoms with van der Waals surface area (Å²) in [7, 11) is 0. The zero-order chi connectivity index (χ0) is 12.4. The highest BCUT2D eigenvalue weighted by atomic mass is 16.6. The van der Waals surface area contributed by atoms with E-state index in [9.17, 15) is 4.79 Å². The van der Waals surface area contributed by atoms with Crippen molar-refractivity contribution in [2.75, 3.05) is 19.8 Å². The molecule has 18 heavy (non-hydrogen) atoms. The van der Waals surface area contributed by atoms with Crippen molar-refractivity contribution in [2.45, 2.75) is 19.3 Å². The van der Waals surface area contributed by atoms with Crippen LogP contribution in [-0.2, 0) is 11.2 Å². The molecule has 0 unspecified atom stereocenters. The van der Waals surface area contributed by atoms with Gasteiger partial charge in [0.25, 0.3) is 0 Å². The lowest BCUT2D eigenvalue weighted by atomic mass is 10.1. The van der Waals surface area contributed by atoms with E-state index in [1.807, 2.05) is 18.2 Å². The van der Waals surface area contributed by atoms with Crippen molar-refractivity contribution in [3.8, 4) is 11.5 Å². The molecule has 0 atom stereocenters. The fourth-order valence-corrected chi connectivity index (χ4v) is 2.03. The first-order valence-corrected chi connectivity index (χ1v) is 6.46. The molecule has 1 aliphatic heterocycles. The molecule has 1 heterocycles. The minimum atomic E-state index is 0.0820. The number of hydrogen-bond acceptors (Lipinski definition) is 3. The van der Waals surface area contributed by atoms with E-state index in [0.717, 1.165) is 23.6 Å². The third kappa shape index (κ3) is 2.75. The van der Waals surface area contributed by atoms with Gasteiger partial charge in [0.2, 0.25) is 5.91 Å². The molecular weight excluding hydrogens is 230 g/mol. The minimum absolute atomic E-state index is 0.0820. The number of benzene rings is 1. The second-order valence-electron chi connectivity index (χ2n) is 4.90. The lowest BCUT2D eigenvalue weighted by Gasteiger charge is -2.18. The predicted molar refractivity (Wildman–Crippen MR) is 66.9 cm³/mol. The van der Waals surface area contributed by atoms with Crippen molar-refractivity contribution in [1.29, 1.82) is 0 Å². The van der Waals surface area contributed by atoms with Crippen LogP contribution in [0, 0.1) is 5.92 Å². The van der Waals surface area contributed by atoms with Crippen LogP contribution < -0.4 is 14.8 Å². The van der Waals surface area contributed by atoms with Gasteiger partial charge in [-0.3, -0.25) is 4.79 Å². The molecule has 4 nitrogen and oxygen atoms in total. The molecule has 0 radical (unpaired) electrons. The average molecular weight is 247 g/mol. The van der Waals surface area contributed by atoms with E-state index in [4.69, 9.17) is 9.47 Å². The fraction of sp³-hybridized carbons (Fsp3) is 0.500. The first-order valence-electron chi connectivity index (χ1n) is 6.46. The SMILES string of the molecule is O=C(Cc1ccc2c(c1)OCCO2)NCC1CC1. The molecule has 0 aromatic heterocycles. The van der Waals surface area contributed by atoms with Gasteiger partial charge in [-0.25, -0.2) is 0 Å². The highest BCUT2D eigenvalue weighted by Crippen LogP contribution is 2.31. The summed E-state index contributed by atoms with van der Waals surface area (Å²) >= 11 is 0. The van der Waals surface area contributed by atoms with Crippen molar-refractivity contribution in [3.05, 3.63) is 23.8 Å². The van der Waals surface area contributed by atoms with Crippen LogP contribution in [0.4, 0.5) is 0 Å². The monoisotopic (exact) mass is 247 g/mol. The summed E-state index contributed by atoms with van der Waals surface area (Å²) in [6, 6.07) is 5.69. The maximum atomic E-state index is 11.7. The summed E-state index contributed by atoms with van der Waals surface area (Å²) in [5, 5.41) is 2.96. The maximum absolute atomic E-state index is 11.7. The lowest BCUT2D eigenvalue weighted by Crippen LogP contribution is -2.27. The number of carbonyl (C=O) groups is 1. The summed E-state index contributed by atoms with van der Waals surface area (Å²) in [6.45, 7) is 1.99. The van der Waals surface area contributed by atoms with Gasteiger partial charge in [-0.05, 0) is 36.5 Å². The third-order valence-corrected chi connectivity index (χ3v) is 3.26. The van der Waals surface area contributed by atoms with E-state index in [2.05, 4.69) is 5.32 Å². The van der Waals surface area contributed by atoms with Gasteiger partial charge in [0.15, 0.2) is 11.5 Å². The number of carbonyl (C=O) groups excluding carboxylic acids is 1. The summed E-state index contributed by atoms with van der Waals surface area (Å²) in [5.74, 6) is 2.31. The van der Waals surface area contributed by atoms with Crippen LogP contribution in [0.3, 0.4) is 0 Å². The second-order valence-corrected chi connectivity index (χ2v) is 4.90. The van der Waals surface area contributed by atoms with Gasteiger partial charge in [-0.15, -0.1) is 0 Å². The normalized spacial score (nSPS) is 17.3. The van der Waals surface area contributed by atoms with E-state index in [1.54, 1.807) is 0 Å². The molecular formula is C14H17NO3. The summed E-state index contributed by atoms with van der Waals surface area (Å²) in [5.41, 5.74) is 0.965. The van der Waals surface area contributed by atoms with Gasteiger partial charge < -0.3 is 14.8 Å². The molecule has 1 N–H and O–H groups in total. The number of nitrogens with one attached hydrogen (secondary N) is 1. The van der Waals surface area contributed by atoms with Crippen molar-refractivity contribution in [1.82, 2.24) is 5.32 Å². The van der Waals surface area contributed by atoms with Crippen molar-refractivity contribution in [2.24, 2.45) is 5.92 Å². The van der Waals surface area contributed by atoms with E-state index < -0.39 is 0 Å². The zero-order valence-electron chi connectivity index (χ0n) is 10.3. The summed E-state index contributed by atoms with van der Waals surface area (Å²) in [4.78, 5) is 11.7. The number of hydrogen-bond donors (Lipinski definition) is 1. The summed E-state index contributed by atoms with van der Waals surface area (Å²) in [6.07, 6.45) is 2.91. The molecule has 0 saturated heterocycles. The predicted octanol–water partition coefficient (Wildman–Crippen LogP) is 1.53. The Labute approximate surface area is 106 Å². The molecule has 0 spiro atoms. The smallest absolute Gasteiger partial charge is 0.224 e. The van der Waals surface area contributed by atoms with Gasteiger partial charge in [0.1, 0.15) is 13.2 Å². The Kier molecular flexibility index (Phi) is 3.09. The highest BCUT2D eigenvalue weighted by Gasteiger charge is 2.21. The number of ether oxygens (including phenoxy) is 2. The van der Waals surface area contributed by atoms with Crippen LogP contribution in [0.1, 0.15) is 18.4 Å². The number of fused-ring (bicyclic) bond motifs is 1. The molecule has 96 valence electrons. The number of rotatable bonds is 4. The van der Waals surface area contributed by atoms with Gasteiger partial charge in [-0.1, -0.05) is 6.07 Å². The molecule has 1 aromatic rings. The topological polar surface area (TPSA) is 47.6 Å². The Morgan fingerprint density at radius 3 is 2.78 bits per heavy atom. The van der Waals surface area contributed by atoms with Crippen LogP contribution in [-0.4, -0.2) is 25.7 Å². The quantitative estimate of drug-likeness (QED) is 0.877.